The second-order valence-electron chi connectivity index (χ2n) is 9.70. The molecule has 0 N–H and O–H groups in total. The molecule has 5 aromatic carbocycles. The Balaban J connectivity index is 1.28. The van der Waals surface area contributed by atoms with Crippen LogP contribution < -0.4 is 0 Å². The Morgan fingerprint density at radius 2 is 0.571 bits per heavy atom. The molecule has 0 unspecified atom stereocenters. The zero-order chi connectivity index (χ0) is 28.1. The van der Waals surface area contributed by atoms with Crippen LogP contribution >= 0.6 is 0 Å². The maximum atomic E-state index is 4.89. The van der Waals surface area contributed by atoms with E-state index in [1.165, 1.54) is 0 Å². The minimum atomic E-state index is 0.616. The Morgan fingerprint density at radius 1 is 0.262 bits per heavy atom. The highest BCUT2D eigenvalue weighted by Crippen LogP contribution is 2.30. The highest BCUT2D eigenvalue weighted by molar-refractivity contribution is 5.75. The molecule has 0 fully saturated rings. The number of hydrogen-bond donors (Lipinski definition) is 0. The molecule has 2 aromatic heterocycles. The highest BCUT2D eigenvalue weighted by atomic mass is 15.0. The summed E-state index contributed by atoms with van der Waals surface area (Å²) in [5, 5.41) is 0. The second-order valence-corrected chi connectivity index (χ2v) is 9.70. The number of benzene rings is 5. The molecule has 0 aliphatic rings. The van der Waals surface area contributed by atoms with Crippen molar-refractivity contribution in [2.75, 3.05) is 0 Å². The molecule has 198 valence electrons. The number of rotatable bonds is 6. The Labute approximate surface area is 243 Å². The lowest BCUT2D eigenvalue weighted by Gasteiger charge is -2.10. The van der Waals surface area contributed by atoms with E-state index in [2.05, 4.69) is 34.2 Å². The van der Waals surface area contributed by atoms with E-state index in [-0.39, 0.29) is 0 Å². The average molecular weight is 541 g/mol. The van der Waals surface area contributed by atoms with Crippen molar-refractivity contribution in [1.82, 2.24) is 29.9 Å². The van der Waals surface area contributed by atoms with E-state index >= 15 is 0 Å². The van der Waals surface area contributed by atoms with Crippen molar-refractivity contribution in [3.63, 3.8) is 0 Å². The van der Waals surface area contributed by atoms with E-state index in [0.29, 0.717) is 29.1 Å². The molecule has 0 saturated heterocycles. The van der Waals surface area contributed by atoms with Crippen LogP contribution in [0.3, 0.4) is 0 Å². The summed E-state index contributed by atoms with van der Waals surface area (Å²) in [4.78, 5) is 28.2. The van der Waals surface area contributed by atoms with E-state index in [1.807, 2.05) is 115 Å². The summed E-state index contributed by atoms with van der Waals surface area (Å²) in [5.41, 5.74) is 6.72. The minimum absolute atomic E-state index is 0.616. The van der Waals surface area contributed by atoms with Crippen LogP contribution in [0.2, 0.25) is 0 Å². The quantitative estimate of drug-likeness (QED) is 0.212. The predicted octanol–water partition coefficient (Wildman–Crippen LogP) is 8.06. The summed E-state index contributed by atoms with van der Waals surface area (Å²) >= 11 is 0. The zero-order valence-corrected chi connectivity index (χ0v) is 22.5. The minimum Gasteiger partial charge on any atom is -0.217 e. The van der Waals surface area contributed by atoms with Crippen molar-refractivity contribution in [2.24, 2.45) is 0 Å². The smallest absolute Gasteiger partial charge is 0.164 e. The normalized spacial score (nSPS) is 10.9. The standard InChI is InChI=1S/C36H24N6/c1-4-12-25(13-5-1)32-37-24-38-33(39-32)30-20-10-18-28(22-30)29-19-11-21-31(23-29)36-41-34(26-14-6-2-7-15-26)40-35(42-36)27-16-8-3-9-17-27/h1-24H. The van der Waals surface area contributed by atoms with Crippen LogP contribution in [0.1, 0.15) is 0 Å². The van der Waals surface area contributed by atoms with Crippen LogP contribution in [0.25, 0.3) is 68.1 Å². The first-order chi connectivity index (χ1) is 20.8. The molecule has 0 aliphatic carbocycles. The van der Waals surface area contributed by atoms with Gasteiger partial charge in [-0.05, 0) is 23.3 Å². The van der Waals surface area contributed by atoms with Gasteiger partial charge in [0, 0.05) is 27.8 Å². The lowest BCUT2D eigenvalue weighted by Crippen LogP contribution is -2.00. The third-order valence-corrected chi connectivity index (χ3v) is 6.88. The number of nitrogens with zero attached hydrogens (tertiary/aromatic N) is 6. The molecule has 2 heterocycles. The molecule has 0 spiro atoms. The lowest BCUT2D eigenvalue weighted by molar-refractivity contribution is 1.06. The first-order valence-corrected chi connectivity index (χ1v) is 13.6. The molecule has 7 rings (SSSR count). The van der Waals surface area contributed by atoms with Gasteiger partial charge >= 0.3 is 0 Å². The topological polar surface area (TPSA) is 77.3 Å². The van der Waals surface area contributed by atoms with Gasteiger partial charge in [0.1, 0.15) is 6.33 Å². The average Bonchev–Trinajstić information content (AvgIpc) is 3.09. The molecule has 6 heteroatoms. The van der Waals surface area contributed by atoms with Crippen molar-refractivity contribution >= 4 is 0 Å². The van der Waals surface area contributed by atoms with Gasteiger partial charge in [-0.25, -0.2) is 29.9 Å². The fourth-order valence-electron chi connectivity index (χ4n) is 4.78. The van der Waals surface area contributed by atoms with Crippen LogP contribution in [0.15, 0.2) is 146 Å². The molecule has 0 saturated carbocycles. The lowest BCUT2D eigenvalue weighted by atomic mass is 10.0. The van der Waals surface area contributed by atoms with Crippen molar-refractivity contribution in [3.05, 3.63) is 146 Å². The van der Waals surface area contributed by atoms with Gasteiger partial charge in [-0.3, -0.25) is 0 Å². The summed E-state index contributed by atoms with van der Waals surface area (Å²) in [5.74, 6) is 3.16. The first-order valence-electron chi connectivity index (χ1n) is 13.6. The van der Waals surface area contributed by atoms with E-state index in [9.17, 15) is 0 Å². The van der Waals surface area contributed by atoms with Gasteiger partial charge in [0.2, 0.25) is 0 Å². The van der Waals surface area contributed by atoms with Crippen molar-refractivity contribution in [2.45, 2.75) is 0 Å². The van der Waals surface area contributed by atoms with E-state index in [4.69, 9.17) is 19.9 Å². The molecule has 0 aliphatic heterocycles. The maximum Gasteiger partial charge on any atom is 0.164 e. The summed E-state index contributed by atoms with van der Waals surface area (Å²) in [6, 6.07) is 46.4. The molecular weight excluding hydrogens is 516 g/mol. The van der Waals surface area contributed by atoms with Crippen LogP contribution in [0.5, 0.6) is 0 Å². The molecule has 7 aromatic rings. The van der Waals surface area contributed by atoms with Gasteiger partial charge in [0.05, 0.1) is 0 Å². The Bertz CT molecular complexity index is 1920. The maximum absolute atomic E-state index is 4.89. The van der Waals surface area contributed by atoms with Crippen LogP contribution in [-0.4, -0.2) is 29.9 Å². The van der Waals surface area contributed by atoms with Gasteiger partial charge < -0.3 is 0 Å². The van der Waals surface area contributed by atoms with Gasteiger partial charge in [0.15, 0.2) is 29.1 Å². The SMILES string of the molecule is c1ccc(-c2ncnc(-c3cccc(-c4cccc(-c5nc(-c6ccccc6)nc(-c6ccccc6)n5)c4)c3)n2)cc1. The highest BCUT2D eigenvalue weighted by Gasteiger charge is 2.13. The molecule has 0 radical (unpaired) electrons. The van der Waals surface area contributed by atoms with Gasteiger partial charge in [-0.15, -0.1) is 0 Å². The first kappa shape index (κ1) is 25.1. The summed E-state index contributed by atoms with van der Waals surface area (Å²) < 4.78 is 0. The zero-order valence-electron chi connectivity index (χ0n) is 22.5. The fraction of sp³-hybridized carbons (Fsp3) is 0. The Kier molecular flexibility index (Phi) is 6.76. The van der Waals surface area contributed by atoms with Gasteiger partial charge in [0.25, 0.3) is 0 Å². The monoisotopic (exact) mass is 540 g/mol. The molecule has 0 atom stereocenters. The second kappa shape index (κ2) is 11.3. The number of aromatic nitrogens is 6. The van der Waals surface area contributed by atoms with Crippen LogP contribution in [-0.2, 0) is 0 Å². The van der Waals surface area contributed by atoms with Crippen LogP contribution in [0, 0.1) is 0 Å². The third-order valence-electron chi connectivity index (χ3n) is 6.88. The van der Waals surface area contributed by atoms with Gasteiger partial charge in [-0.2, -0.15) is 0 Å². The molecule has 0 bridgehead atoms. The Morgan fingerprint density at radius 3 is 1.05 bits per heavy atom. The Hall–Kier alpha value is -5.88. The number of hydrogen-bond acceptors (Lipinski definition) is 6. The predicted molar refractivity (Wildman–Crippen MR) is 166 cm³/mol. The van der Waals surface area contributed by atoms with Crippen molar-refractivity contribution in [1.29, 1.82) is 0 Å². The fourth-order valence-corrected chi connectivity index (χ4v) is 4.78. The molecule has 0 amide bonds. The van der Waals surface area contributed by atoms with E-state index < -0.39 is 0 Å². The summed E-state index contributed by atoms with van der Waals surface area (Å²) in [6.07, 6.45) is 1.56. The van der Waals surface area contributed by atoms with Crippen molar-refractivity contribution < 1.29 is 0 Å². The molecule has 42 heavy (non-hydrogen) atoms. The molecule has 6 nitrogen and oxygen atoms in total. The van der Waals surface area contributed by atoms with Gasteiger partial charge in [-0.1, -0.05) is 127 Å². The van der Waals surface area contributed by atoms with E-state index in [0.717, 1.165) is 38.9 Å². The van der Waals surface area contributed by atoms with Crippen molar-refractivity contribution in [3.8, 4) is 68.1 Å². The summed E-state index contributed by atoms with van der Waals surface area (Å²) in [7, 11) is 0. The van der Waals surface area contributed by atoms with E-state index in [1.54, 1.807) is 6.33 Å². The largest absolute Gasteiger partial charge is 0.217 e. The summed E-state index contributed by atoms with van der Waals surface area (Å²) in [6.45, 7) is 0. The molecular formula is C36H24N6. The third kappa shape index (κ3) is 5.29. The van der Waals surface area contributed by atoms with Crippen LogP contribution in [0.4, 0.5) is 0 Å².